The van der Waals surface area contributed by atoms with Gasteiger partial charge in [0.1, 0.15) is 12.2 Å². The number of aliphatic carboxylic acids is 1. The van der Waals surface area contributed by atoms with E-state index in [2.05, 4.69) is 11.9 Å². The van der Waals surface area contributed by atoms with Crippen LogP contribution in [0.25, 0.3) is 11.5 Å². The van der Waals surface area contributed by atoms with Crippen molar-refractivity contribution in [2.75, 3.05) is 0 Å². The van der Waals surface area contributed by atoms with E-state index in [-0.39, 0.29) is 6.42 Å². The minimum atomic E-state index is -0.922. The standard InChI is InChI=1S/C13H13NO3/c1-2-9-3-5-10(6-4-9)13-14-8-11(17-13)7-12(15)16/h3-6,8H,2,7H2,1H3,(H,15,16). The number of carbonyl (C=O) groups is 1. The van der Waals surface area contributed by atoms with Crippen molar-refractivity contribution in [3.8, 4) is 11.5 Å². The summed E-state index contributed by atoms with van der Waals surface area (Å²) in [6.45, 7) is 2.09. The van der Waals surface area contributed by atoms with E-state index in [1.165, 1.54) is 11.8 Å². The summed E-state index contributed by atoms with van der Waals surface area (Å²) >= 11 is 0. The second-order valence-electron chi connectivity index (χ2n) is 3.75. The molecule has 0 radical (unpaired) electrons. The highest BCUT2D eigenvalue weighted by atomic mass is 16.4. The summed E-state index contributed by atoms with van der Waals surface area (Å²) in [5.74, 6) is -0.0926. The molecule has 4 nitrogen and oxygen atoms in total. The number of oxazole rings is 1. The van der Waals surface area contributed by atoms with Crippen LogP contribution in [0.5, 0.6) is 0 Å². The highest BCUT2D eigenvalue weighted by Crippen LogP contribution is 2.20. The Labute approximate surface area is 98.9 Å². The Hall–Kier alpha value is -2.10. The summed E-state index contributed by atoms with van der Waals surface area (Å²) in [5.41, 5.74) is 2.10. The lowest BCUT2D eigenvalue weighted by Gasteiger charge is -1.98. The molecule has 4 heteroatoms. The average molecular weight is 231 g/mol. The van der Waals surface area contributed by atoms with E-state index in [1.54, 1.807) is 0 Å². The maximum absolute atomic E-state index is 10.5. The molecule has 0 unspecified atom stereocenters. The lowest BCUT2D eigenvalue weighted by molar-refractivity contribution is -0.136. The number of carboxylic acids is 1. The van der Waals surface area contributed by atoms with Crippen molar-refractivity contribution in [2.24, 2.45) is 0 Å². The van der Waals surface area contributed by atoms with Crippen LogP contribution >= 0.6 is 0 Å². The summed E-state index contributed by atoms with van der Waals surface area (Å²) in [7, 11) is 0. The first-order valence-electron chi connectivity index (χ1n) is 5.45. The van der Waals surface area contributed by atoms with Gasteiger partial charge in [0.05, 0.1) is 6.20 Å². The van der Waals surface area contributed by atoms with Crippen LogP contribution < -0.4 is 0 Å². The van der Waals surface area contributed by atoms with Crippen molar-refractivity contribution < 1.29 is 14.3 Å². The molecule has 0 atom stereocenters. The molecule has 0 fully saturated rings. The first-order valence-corrected chi connectivity index (χ1v) is 5.45. The number of rotatable bonds is 4. The largest absolute Gasteiger partial charge is 0.481 e. The third-order valence-corrected chi connectivity index (χ3v) is 2.49. The minimum absolute atomic E-state index is 0.139. The van der Waals surface area contributed by atoms with E-state index >= 15 is 0 Å². The highest BCUT2D eigenvalue weighted by Gasteiger charge is 2.09. The molecule has 1 N–H and O–H groups in total. The Morgan fingerprint density at radius 3 is 2.65 bits per heavy atom. The zero-order valence-corrected chi connectivity index (χ0v) is 9.51. The van der Waals surface area contributed by atoms with E-state index in [0.717, 1.165) is 12.0 Å². The summed E-state index contributed by atoms with van der Waals surface area (Å²) < 4.78 is 5.36. The maximum Gasteiger partial charge on any atom is 0.311 e. The van der Waals surface area contributed by atoms with Gasteiger partial charge >= 0.3 is 5.97 Å². The van der Waals surface area contributed by atoms with Gasteiger partial charge in [-0.25, -0.2) is 4.98 Å². The SMILES string of the molecule is CCc1ccc(-c2ncc(CC(=O)O)o2)cc1. The highest BCUT2D eigenvalue weighted by molar-refractivity contribution is 5.69. The number of benzene rings is 1. The Morgan fingerprint density at radius 1 is 1.35 bits per heavy atom. The lowest BCUT2D eigenvalue weighted by atomic mass is 10.1. The van der Waals surface area contributed by atoms with Crippen LogP contribution in [0.3, 0.4) is 0 Å². The van der Waals surface area contributed by atoms with Crippen molar-refractivity contribution in [2.45, 2.75) is 19.8 Å². The van der Waals surface area contributed by atoms with Gasteiger partial charge in [-0.2, -0.15) is 0 Å². The zero-order valence-electron chi connectivity index (χ0n) is 9.51. The normalized spacial score (nSPS) is 10.4. The molecule has 2 aromatic rings. The molecule has 2 rings (SSSR count). The van der Waals surface area contributed by atoms with Gasteiger partial charge < -0.3 is 9.52 Å². The molecular formula is C13H13NO3. The van der Waals surface area contributed by atoms with Crippen LogP contribution in [-0.4, -0.2) is 16.1 Å². The number of hydrogen-bond donors (Lipinski definition) is 1. The minimum Gasteiger partial charge on any atom is -0.481 e. The fraction of sp³-hybridized carbons (Fsp3) is 0.231. The predicted octanol–water partition coefficient (Wildman–Crippen LogP) is 2.53. The van der Waals surface area contributed by atoms with Gasteiger partial charge in [0.15, 0.2) is 0 Å². The molecule has 88 valence electrons. The summed E-state index contributed by atoms with van der Waals surface area (Å²) in [4.78, 5) is 14.6. The Kier molecular flexibility index (Phi) is 3.23. The van der Waals surface area contributed by atoms with Gasteiger partial charge in [0, 0.05) is 5.56 Å². The van der Waals surface area contributed by atoms with E-state index in [0.29, 0.717) is 11.7 Å². The number of aryl methyl sites for hydroxylation is 1. The van der Waals surface area contributed by atoms with Crippen LogP contribution in [0.15, 0.2) is 34.9 Å². The second kappa shape index (κ2) is 4.82. The van der Waals surface area contributed by atoms with Crippen LogP contribution in [0.1, 0.15) is 18.2 Å². The number of carboxylic acid groups (broad SMARTS) is 1. The van der Waals surface area contributed by atoms with Crippen molar-refractivity contribution in [3.63, 3.8) is 0 Å². The molecule has 0 saturated heterocycles. The number of hydrogen-bond acceptors (Lipinski definition) is 3. The van der Waals surface area contributed by atoms with Crippen LogP contribution in [0, 0.1) is 0 Å². The molecule has 0 aliphatic heterocycles. The zero-order chi connectivity index (χ0) is 12.3. The molecule has 1 aromatic carbocycles. The van der Waals surface area contributed by atoms with Gasteiger partial charge in [0.25, 0.3) is 0 Å². The Morgan fingerprint density at radius 2 is 2.06 bits per heavy atom. The van der Waals surface area contributed by atoms with Gasteiger partial charge in [-0.15, -0.1) is 0 Å². The van der Waals surface area contributed by atoms with E-state index < -0.39 is 5.97 Å². The van der Waals surface area contributed by atoms with E-state index in [1.807, 2.05) is 24.3 Å². The van der Waals surface area contributed by atoms with Crippen LogP contribution in [-0.2, 0) is 17.6 Å². The molecule has 17 heavy (non-hydrogen) atoms. The molecule has 1 aromatic heterocycles. The van der Waals surface area contributed by atoms with Crippen molar-refractivity contribution in [1.82, 2.24) is 4.98 Å². The first-order chi connectivity index (χ1) is 8.19. The predicted molar refractivity (Wildman–Crippen MR) is 62.7 cm³/mol. The van der Waals surface area contributed by atoms with Gasteiger partial charge in [-0.1, -0.05) is 19.1 Å². The second-order valence-corrected chi connectivity index (χ2v) is 3.75. The maximum atomic E-state index is 10.5. The number of aromatic nitrogens is 1. The molecule has 0 bridgehead atoms. The molecule has 0 aliphatic rings. The van der Waals surface area contributed by atoms with E-state index in [9.17, 15) is 4.79 Å². The fourth-order valence-electron chi connectivity index (χ4n) is 1.55. The quantitative estimate of drug-likeness (QED) is 0.878. The Bertz CT molecular complexity index is 514. The third-order valence-electron chi connectivity index (χ3n) is 2.49. The van der Waals surface area contributed by atoms with Gasteiger partial charge in [-0.3, -0.25) is 4.79 Å². The summed E-state index contributed by atoms with van der Waals surface area (Å²) in [6, 6.07) is 7.87. The Balaban J connectivity index is 2.21. The number of nitrogens with zero attached hydrogens (tertiary/aromatic N) is 1. The van der Waals surface area contributed by atoms with Crippen molar-refractivity contribution in [1.29, 1.82) is 0 Å². The molecule has 0 spiro atoms. The topological polar surface area (TPSA) is 63.3 Å². The lowest BCUT2D eigenvalue weighted by Crippen LogP contribution is -1.97. The van der Waals surface area contributed by atoms with Gasteiger partial charge in [0.2, 0.25) is 5.89 Å². The third kappa shape index (κ3) is 2.72. The monoisotopic (exact) mass is 231 g/mol. The van der Waals surface area contributed by atoms with E-state index in [4.69, 9.17) is 9.52 Å². The summed E-state index contributed by atoms with van der Waals surface area (Å²) in [6.07, 6.45) is 2.30. The van der Waals surface area contributed by atoms with Gasteiger partial charge in [-0.05, 0) is 24.1 Å². The molecule has 0 amide bonds. The van der Waals surface area contributed by atoms with Crippen molar-refractivity contribution >= 4 is 5.97 Å². The molecule has 1 heterocycles. The molecule has 0 aliphatic carbocycles. The average Bonchev–Trinajstić information content (AvgIpc) is 2.77. The van der Waals surface area contributed by atoms with Crippen LogP contribution in [0.4, 0.5) is 0 Å². The van der Waals surface area contributed by atoms with Crippen LogP contribution in [0.2, 0.25) is 0 Å². The molecule has 0 saturated carbocycles. The molecular weight excluding hydrogens is 218 g/mol. The smallest absolute Gasteiger partial charge is 0.311 e. The fourth-order valence-corrected chi connectivity index (χ4v) is 1.55. The van der Waals surface area contributed by atoms with Crippen molar-refractivity contribution in [3.05, 3.63) is 41.8 Å². The summed E-state index contributed by atoms with van der Waals surface area (Å²) in [5, 5.41) is 8.63. The first kappa shape index (κ1) is 11.4.